The summed E-state index contributed by atoms with van der Waals surface area (Å²) in [5.74, 6) is 0.354. The lowest BCUT2D eigenvalue weighted by molar-refractivity contribution is -0.142. The number of amides is 1. The number of hydrogen-bond donors (Lipinski definition) is 0. The smallest absolute Gasteiger partial charge is 0.436 e. The van der Waals surface area contributed by atoms with E-state index >= 15 is 0 Å². The van der Waals surface area contributed by atoms with Gasteiger partial charge in [-0.15, -0.1) is 0 Å². The topological polar surface area (TPSA) is 50.6 Å². The number of carbonyl (C=O) groups excluding carboxylic acids is 1. The molecule has 1 amide bonds. The van der Waals surface area contributed by atoms with Crippen LogP contribution in [0.4, 0.5) is 18.9 Å². The number of anilines is 1. The van der Waals surface area contributed by atoms with Crippen LogP contribution in [0.3, 0.4) is 0 Å². The van der Waals surface area contributed by atoms with E-state index in [4.69, 9.17) is 27.9 Å². The normalized spacial score (nSPS) is 15.0. The number of nitrogens with zero attached hydrogens (tertiary/aromatic N) is 4. The maximum Gasteiger partial charge on any atom is 0.436 e. The van der Waals surface area contributed by atoms with E-state index in [2.05, 4.69) is 5.10 Å². The van der Waals surface area contributed by atoms with Crippen molar-refractivity contribution >= 4 is 34.8 Å². The van der Waals surface area contributed by atoms with Gasteiger partial charge < -0.3 is 14.5 Å². The van der Waals surface area contributed by atoms with Crippen molar-refractivity contribution in [2.45, 2.75) is 19.6 Å². The van der Waals surface area contributed by atoms with Crippen molar-refractivity contribution in [2.75, 3.05) is 38.2 Å². The number of piperazine rings is 1. The molecule has 158 valence electrons. The first-order chi connectivity index (χ1) is 13.6. The molecule has 1 aromatic carbocycles. The maximum absolute atomic E-state index is 12.9. The molecule has 0 bridgehead atoms. The lowest BCUT2D eigenvalue weighted by atomic mass is 10.2. The summed E-state index contributed by atoms with van der Waals surface area (Å²) < 4.78 is 45.1. The Labute approximate surface area is 175 Å². The third kappa shape index (κ3) is 4.56. The fourth-order valence-electron chi connectivity index (χ4n) is 3.15. The molecule has 1 fully saturated rings. The molecule has 0 N–H and O–H groups in total. The van der Waals surface area contributed by atoms with Gasteiger partial charge in [-0.2, -0.15) is 18.3 Å². The summed E-state index contributed by atoms with van der Waals surface area (Å²) in [6.07, 6.45) is -4.67. The third-order valence-electron chi connectivity index (χ3n) is 4.81. The van der Waals surface area contributed by atoms with Crippen molar-refractivity contribution in [2.24, 2.45) is 0 Å². The van der Waals surface area contributed by atoms with Gasteiger partial charge in [-0.25, -0.2) is 0 Å². The Bertz CT molecular complexity index is 909. The molecule has 6 nitrogen and oxygen atoms in total. The first kappa shape index (κ1) is 21.6. The van der Waals surface area contributed by atoms with E-state index in [9.17, 15) is 18.0 Å². The second-order valence-electron chi connectivity index (χ2n) is 6.59. The molecule has 0 unspecified atom stereocenters. The predicted octanol–water partition coefficient (Wildman–Crippen LogP) is 3.87. The largest absolute Gasteiger partial charge is 0.497 e. The van der Waals surface area contributed by atoms with E-state index < -0.39 is 16.9 Å². The highest BCUT2D eigenvalue weighted by Crippen LogP contribution is 2.35. The van der Waals surface area contributed by atoms with Gasteiger partial charge in [-0.3, -0.25) is 9.48 Å². The van der Waals surface area contributed by atoms with E-state index in [1.165, 1.54) is 6.92 Å². The van der Waals surface area contributed by atoms with Crippen molar-refractivity contribution in [3.8, 4) is 5.75 Å². The average Bonchev–Trinajstić information content (AvgIpc) is 2.97. The predicted molar refractivity (Wildman–Crippen MR) is 104 cm³/mol. The Kier molecular flexibility index (Phi) is 6.19. The SMILES string of the molecule is COc1ccc(Cl)c(N2CCN(C(=O)Cn3nc(C(F)(F)F)c(Cl)c3C)CC2)c1. The molecule has 1 saturated heterocycles. The second kappa shape index (κ2) is 8.31. The highest BCUT2D eigenvalue weighted by molar-refractivity contribution is 6.33. The monoisotopic (exact) mass is 450 g/mol. The number of methoxy groups -OCH3 is 1. The molecule has 1 aromatic heterocycles. The molecule has 0 spiro atoms. The number of carbonyl (C=O) groups is 1. The first-order valence-corrected chi connectivity index (χ1v) is 9.53. The second-order valence-corrected chi connectivity index (χ2v) is 7.37. The van der Waals surface area contributed by atoms with Crippen LogP contribution < -0.4 is 9.64 Å². The Balaban J connectivity index is 1.66. The van der Waals surface area contributed by atoms with Gasteiger partial charge in [0, 0.05) is 32.2 Å². The summed E-state index contributed by atoms with van der Waals surface area (Å²) in [7, 11) is 1.57. The van der Waals surface area contributed by atoms with Gasteiger partial charge in [-0.1, -0.05) is 23.2 Å². The van der Waals surface area contributed by atoms with Gasteiger partial charge in [0.1, 0.15) is 12.3 Å². The van der Waals surface area contributed by atoms with Crippen molar-refractivity contribution in [1.82, 2.24) is 14.7 Å². The molecule has 1 aliphatic heterocycles. The van der Waals surface area contributed by atoms with Crippen LogP contribution >= 0.6 is 23.2 Å². The first-order valence-electron chi connectivity index (χ1n) is 8.78. The lowest BCUT2D eigenvalue weighted by Gasteiger charge is -2.36. The molecule has 1 aliphatic rings. The molecule has 0 radical (unpaired) electrons. The zero-order valence-electron chi connectivity index (χ0n) is 15.8. The molecule has 11 heteroatoms. The van der Waals surface area contributed by atoms with Gasteiger partial charge in [-0.05, 0) is 19.1 Å². The van der Waals surface area contributed by atoms with Crippen LogP contribution in [0, 0.1) is 6.92 Å². The number of aromatic nitrogens is 2. The Morgan fingerprint density at radius 1 is 1.21 bits per heavy atom. The van der Waals surface area contributed by atoms with Crippen molar-refractivity contribution < 1.29 is 22.7 Å². The van der Waals surface area contributed by atoms with E-state index in [-0.39, 0.29) is 18.1 Å². The summed E-state index contributed by atoms with van der Waals surface area (Å²) in [5, 5.41) is 3.57. The van der Waals surface area contributed by atoms with E-state index in [0.29, 0.717) is 37.0 Å². The van der Waals surface area contributed by atoms with E-state index in [1.807, 2.05) is 11.0 Å². The molecule has 0 aliphatic carbocycles. The standard InChI is InChI=1S/C18H19Cl2F3N4O2/c1-11-16(20)17(18(21,22)23)24-27(11)10-15(28)26-7-5-25(6-8-26)14-9-12(29-2)3-4-13(14)19/h3-4,9H,5-8,10H2,1-2H3. The molecular formula is C18H19Cl2F3N4O2. The minimum absolute atomic E-state index is 0.106. The van der Waals surface area contributed by atoms with Crippen LogP contribution in [0.5, 0.6) is 5.75 Å². The summed E-state index contributed by atoms with van der Waals surface area (Å²) in [5.41, 5.74) is -0.265. The van der Waals surface area contributed by atoms with E-state index in [1.54, 1.807) is 24.1 Å². The average molecular weight is 451 g/mol. The quantitative estimate of drug-likeness (QED) is 0.709. The fourth-order valence-corrected chi connectivity index (χ4v) is 3.63. The van der Waals surface area contributed by atoms with E-state index in [0.717, 1.165) is 10.4 Å². The Morgan fingerprint density at radius 3 is 2.41 bits per heavy atom. The van der Waals surface area contributed by atoms with Crippen molar-refractivity contribution in [3.63, 3.8) is 0 Å². The van der Waals surface area contributed by atoms with Crippen LogP contribution in [0.1, 0.15) is 11.4 Å². The maximum atomic E-state index is 12.9. The van der Waals surface area contributed by atoms with Gasteiger partial charge in [0.25, 0.3) is 0 Å². The number of ether oxygens (including phenoxy) is 1. The van der Waals surface area contributed by atoms with Gasteiger partial charge in [0.2, 0.25) is 5.91 Å². The van der Waals surface area contributed by atoms with Crippen LogP contribution in [0.25, 0.3) is 0 Å². The minimum atomic E-state index is -4.67. The molecule has 3 rings (SSSR count). The zero-order chi connectivity index (χ0) is 21.3. The molecule has 2 heterocycles. The summed E-state index contributed by atoms with van der Waals surface area (Å²) in [6.45, 7) is 2.98. The molecule has 0 atom stereocenters. The molecule has 0 saturated carbocycles. The van der Waals surface area contributed by atoms with Gasteiger partial charge in [0.15, 0.2) is 5.69 Å². The van der Waals surface area contributed by atoms with Crippen molar-refractivity contribution in [1.29, 1.82) is 0 Å². The number of benzene rings is 1. The summed E-state index contributed by atoms with van der Waals surface area (Å²) in [4.78, 5) is 16.2. The number of rotatable bonds is 4. The third-order valence-corrected chi connectivity index (χ3v) is 5.59. The fraction of sp³-hybridized carbons (Fsp3) is 0.444. The van der Waals surface area contributed by atoms with Crippen LogP contribution in [-0.2, 0) is 17.5 Å². The summed E-state index contributed by atoms with van der Waals surface area (Å²) >= 11 is 12.0. The number of alkyl halides is 3. The number of hydrogen-bond acceptors (Lipinski definition) is 4. The highest BCUT2D eigenvalue weighted by atomic mass is 35.5. The highest BCUT2D eigenvalue weighted by Gasteiger charge is 2.38. The Morgan fingerprint density at radius 2 is 1.86 bits per heavy atom. The van der Waals surface area contributed by atoms with Crippen LogP contribution in [-0.4, -0.2) is 53.9 Å². The zero-order valence-corrected chi connectivity index (χ0v) is 17.3. The minimum Gasteiger partial charge on any atom is -0.497 e. The Hall–Kier alpha value is -2.13. The molecular weight excluding hydrogens is 432 g/mol. The molecule has 2 aromatic rings. The van der Waals surface area contributed by atoms with Gasteiger partial charge in [0.05, 0.1) is 28.5 Å². The van der Waals surface area contributed by atoms with Gasteiger partial charge >= 0.3 is 6.18 Å². The lowest BCUT2D eigenvalue weighted by Crippen LogP contribution is -2.49. The molecule has 29 heavy (non-hydrogen) atoms. The van der Waals surface area contributed by atoms with Crippen LogP contribution in [0.2, 0.25) is 10.0 Å². The summed E-state index contributed by atoms with van der Waals surface area (Å²) in [6, 6.07) is 5.33. The van der Waals surface area contributed by atoms with Crippen LogP contribution in [0.15, 0.2) is 18.2 Å². The number of halogens is 5. The van der Waals surface area contributed by atoms with Crippen molar-refractivity contribution in [3.05, 3.63) is 39.6 Å².